The summed E-state index contributed by atoms with van der Waals surface area (Å²) in [5.74, 6) is 0. The second kappa shape index (κ2) is 16.6. The molecule has 0 aromatic rings. The van der Waals surface area contributed by atoms with Gasteiger partial charge in [0.05, 0.1) is 0 Å². The van der Waals surface area contributed by atoms with E-state index in [4.69, 9.17) is 5.73 Å². The predicted molar refractivity (Wildman–Crippen MR) is 100 cm³/mol. The third kappa shape index (κ3) is 14.9. The van der Waals surface area contributed by atoms with Crippen molar-refractivity contribution in [2.45, 2.75) is 123 Å². The molecule has 0 aromatic heterocycles. The van der Waals surface area contributed by atoms with Crippen molar-refractivity contribution in [3.8, 4) is 0 Å². The lowest BCUT2D eigenvalue weighted by Crippen LogP contribution is -2.39. The van der Waals surface area contributed by atoms with Crippen LogP contribution in [0.4, 0.5) is 0 Å². The molecule has 0 amide bonds. The van der Waals surface area contributed by atoms with Gasteiger partial charge in [-0.2, -0.15) is 0 Å². The lowest BCUT2D eigenvalue weighted by atomic mass is 9.83. The van der Waals surface area contributed by atoms with E-state index < -0.39 is 0 Å². The molecule has 1 nitrogen and oxygen atoms in total. The Bertz CT molecular complexity index is 163. The van der Waals surface area contributed by atoms with Crippen LogP contribution in [0.5, 0.6) is 0 Å². The van der Waals surface area contributed by atoms with Crippen molar-refractivity contribution in [3.63, 3.8) is 0 Å². The summed E-state index contributed by atoms with van der Waals surface area (Å²) in [6, 6.07) is 0. The minimum Gasteiger partial charge on any atom is -0.325 e. The van der Waals surface area contributed by atoms with E-state index in [2.05, 4.69) is 20.8 Å². The molecule has 2 heteroatoms. The molecule has 0 bridgehead atoms. The first-order valence-electron chi connectivity index (χ1n) is 9.47. The van der Waals surface area contributed by atoms with Crippen LogP contribution >= 0.6 is 12.4 Å². The summed E-state index contributed by atoms with van der Waals surface area (Å²) >= 11 is 0. The van der Waals surface area contributed by atoms with Crippen molar-refractivity contribution in [1.82, 2.24) is 0 Å². The van der Waals surface area contributed by atoms with Crippen molar-refractivity contribution in [3.05, 3.63) is 0 Å². The number of hydrogen-bond donors (Lipinski definition) is 1. The first kappa shape index (κ1) is 23.5. The van der Waals surface area contributed by atoms with Crippen LogP contribution in [0, 0.1) is 0 Å². The number of rotatable bonds is 15. The molecule has 0 radical (unpaired) electrons. The Balaban J connectivity index is 0. The average molecular weight is 320 g/mol. The van der Waals surface area contributed by atoms with E-state index in [0.717, 1.165) is 0 Å². The molecule has 0 aromatic carbocycles. The molecular formula is C19H42ClN. The average Bonchev–Trinajstić information content (AvgIpc) is 2.45. The number of hydrogen-bond acceptors (Lipinski definition) is 1. The zero-order valence-corrected chi connectivity index (χ0v) is 15.9. The van der Waals surface area contributed by atoms with E-state index in [1.165, 1.54) is 96.3 Å². The SMILES string of the molecule is CCCCCCC(N)(CCCCCC)CCCCCC.Cl. The first-order valence-corrected chi connectivity index (χ1v) is 9.47. The van der Waals surface area contributed by atoms with Crippen LogP contribution in [0.25, 0.3) is 0 Å². The van der Waals surface area contributed by atoms with Crippen LogP contribution in [0.15, 0.2) is 0 Å². The van der Waals surface area contributed by atoms with Crippen LogP contribution in [0.3, 0.4) is 0 Å². The van der Waals surface area contributed by atoms with Gasteiger partial charge in [-0.1, -0.05) is 97.8 Å². The van der Waals surface area contributed by atoms with Gasteiger partial charge in [-0.25, -0.2) is 0 Å². The molecular weight excluding hydrogens is 278 g/mol. The molecule has 0 heterocycles. The highest BCUT2D eigenvalue weighted by Crippen LogP contribution is 2.26. The summed E-state index contributed by atoms with van der Waals surface area (Å²) in [6.45, 7) is 6.85. The Hall–Kier alpha value is 0.250. The van der Waals surface area contributed by atoms with E-state index >= 15 is 0 Å². The summed E-state index contributed by atoms with van der Waals surface area (Å²) in [6.07, 6.45) is 20.0. The third-order valence-electron chi connectivity index (χ3n) is 4.58. The zero-order chi connectivity index (χ0) is 15.1. The maximum Gasteiger partial charge on any atom is 0.0154 e. The zero-order valence-electron chi connectivity index (χ0n) is 15.1. The molecule has 0 aliphatic carbocycles. The molecule has 21 heavy (non-hydrogen) atoms. The Morgan fingerprint density at radius 2 is 0.810 bits per heavy atom. The molecule has 0 atom stereocenters. The maximum atomic E-state index is 6.74. The molecule has 0 rings (SSSR count). The number of unbranched alkanes of at least 4 members (excludes halogenated alkanes) is 9. The second-order valence-corrected chi connectivity index (χ2v) is 6.79. The second-order valence-electron chi connectivity index (χ2n) is 6.79. The van der Waals surface area contributed by atoms with Gasteiger partial charge in [0.2, 0.25) is 0 Å². The van der Waals surface area contributed by atoms with Crippen molar-refractivity contribution < 1.29 is 0 Å². The minimum absolute atomic E-state index is 0. The van der Waals surface area contributed by atoms with Gasteiger partial charge in [-0.3, -0.25) is 0 Å². The fourth-order valence-electron chi connectivity index (χ4n) is 3.09. The molecule has 0 aliphatic rings. The van der Waals surface area contributed by atoms with E-state index in [1.54, 1.807) is 0 Å². The van der Waals surface area contributed by atoms with E-state index in [9.17, 15) is 0 Å². The molecule has 2 N–H and O–H groups in total. The molecule has 0 aliphatic heterocycles. The highest BCUT2D eigenvalue weighted by molar-refractivity contribution is 5.85. The van der Waals surface area contributed by atoms with Crippen LogP contribution in [0.2, 0.25) is 0 Å². The highest BCUT2D eigenvalue weighted by atomic mass is 35.5. The maximum absolute atomic E-state index is 6.74. The summed E-state index contributed by atoms with van der Waals surface area (Å²) in [4.78, 5) is 0. The predicted octanol–water partition coefficient (Wildman–Crippen LogP) is 7.02. The summed E-state index contributed by atoms with van der Waals surface area (Å²) in [5.41, 5.74) is 6.89. The van der Waals surface area contributed by atoms with Gasteiger partial charge in [0.25, 0.3) is 0 Å². The van der Waals surface area contributed by atoms with Gasteiger partial charge in [0.1, 0.15) is 0 Å². The van der Waals surface area contributed by atoms with Gasteiger partial charge in [0.15, 0.2) is 0 Å². The van der Waals surface area contributed by atoms with Crippen molar-refractivity contribution in [2.75, 3.05) is 0 Å². The minimum atomic E-state index is 0. The Morgan fingerprint density at radius 1 is 0.524 bits per heavy atom. The van der Waals surface area contributed by atoms with E-state index in [-0.39, 0.29) is 17.9 Å². The third-order valence-corrected chi connectivity index (χ3v) is 4.58. The van der Waals surface area contributed by atoms with Crippen molar-refractivity contribution >= 4 is 12.4 Å². The van der Waals surface area contributed by atoms with Gasteiger partial charge >= 0.3 is 0 Å². The largest absolute Gasteiger partial charge is 0.325 e. The molecule has 0 saturated heterocycles. The van der Waals surface area contributed by atoms with Crippen LogP contribution in [-0.2, 0) is 0 Å². The van der Waals surface area contributed by atoms with Crippen molar-refractivity contribution in [2.24, 2.45) is 5.73 Å². The topological polar surface area (TPSA) is 26.0 Å². The highest BCUT2D eigenvalue weighted by Gasteiger charge is 2.23. The normalized spacial score (nSPS) is 11.4. The fourth-order valence-corrected chi connectivity index (χ4v) is 3.09. The quantitative estimate of drug-likeness (QED) is 0.322. The van der Waals surface area contributed by atoms with Gasteiger partial charge in [0, 0.05) is 5.54 Å². The molecule has 130 valence electrons. The smallest absolute Gasteiger partial charge is 0.0154 e. The molecule has 0 spiro atoms. The van der Waals surface area contributed by atoms with Gasteiger partial charge in [-0.15, -0.1) is 12.4 Å². The van der Waals surface area contributed by atoms with Crippen LogP contribution < -0.4 is 5.73 Å². The van der Waals surface area contributed by atoms with E-state index in [1.807, 2.05) is 0 Å². The van der Waals surface area contributed by atoms with E-state index in [0.29, 0.717) is 0 Å². The van der Waals surface area contributed by atoms with Crippen molar-refractivity contribution in [1.29, 1.82) is 0 Å². The first-order chi connectivity index (χ1) is 9.68. The fraction of sp³-hybridized carbons (Fsp3) is 1.00. The molecule has 0 unspecified atom stereocenters. The lowest BCUT2D eigenvalue weighted by molar-refractivity contribution is 0.304. The summed E-state index contributed by atoms with van der Waals surface area (Å²) < 4.78 is 0. The monoisotopic (exact) mass is 319 g/mol. The van der Waals surface area contributed by atoms with Crippen LogP contribution in [0.1, 0.15) is 117 Å². The van der Waals surface area contributed by atoms with Gasteiger partial charge < -0.3 is 5.73 Å². The molecule has 0 fully saturated rings. The Labute approximate surface area is 141 Å². The van der Waals surface area contributed by atoms with Gasteiger partial charge in [-0.05, 0) is 19.3 Å². The Morgan fingerprint density at radius 3 is 1.05 bits per heavy atom. The standard InChI is InChI=1S/C19H41N.ClH/c1-4-7-10-13-16-19(20,17-14-11-8-5-2)18-15-12-9-6-3;/h4-18,20H2,1-3H3;1H. The number of nitrogens with two attached hydrogens (primary N) is 1. The number of halogens is 1. The Kier molecular flexibility index (Phi) is 18.6. The summed E-state index contributed by atoms with van der Waals surface area (Å²) in [5, 5.41) is 0. The lowest BCUT2D eigenvalue weighted by Gasteiger charge is -2.30. The summed E-state index contributed by atoms with van der Waals surface area (Å²) in [7, 11) is 0. The van der Waals surface area contributed by atoms with Crippen LogP contribution in [-0.4, -0.2) is 5.54 Å². The molecule has 0 saturated carbocycles.